The summed E-state index contributed by atoms with van der Waals surface area (Å²) in [6.07, 6.45) is 3.93. The topological polar surface area (TPSA) is 89.2 Å². The lowest BCUT2D eigenvalue weighted by Crippen LogP contribution is -2.37. The normalized spacial score (nSPS) is 21.5. The molecule has 1 N–H and O–H groups in total. The molecule has 4 rings (SSSR count). The van der Waals surface area contributed by atoms with Gasteiger partial charge in [-0.2, -0.15) is 0 Å². The van der Waals surface area contributed by atoms with E-state index < -0.39 is 23.5 Å². The molecule has 2 unspecified atom stereocenters. The maximum atomic E-state index is 13.1. The molecule has 1 amide bonds. The van der Waals surface area contributed by atoms with Crippen molar-refractivity contribution in [3.8, 4) is 5.75 Å². The number of Topliss-reactive ketones (excluding diaryl/α,β-unsaturated/α-hetero) is 1. The van der Waals surface area contributed by atoms with Crippen molar-refractivity contribution in [3.05, 3.63) is 65.3 Å². The third kappa shape index (κ3) is 3.85. The average molecular weight is 411 g/mol. The van der Waals surface area contributed by atoms with Crippen LogP contribution in [0.5, 0.6) is 5.75 Å². The summed E-state index contributed by atoms with van der Waals surface area (Å²) < 4.78 is 16.6. The SMILES string of the molecule is CCCOc1ccc(C2C(C(=O)c3ccco3)=C(O)C(=O)N2CC2CCCO2)cc1. The second-order valence-corrected chi connectivity index (χ2v) is 7.48. The Labute approximate surface area is 174 Å². The van der Waals surface area contributed by atoms with Gasteiger partial charge in [-0.25, -0.2) is 0 Å². The van der Waals surface area contributed by atoms with Crippen molar-refractivity contribution < 1.29 is 28.6 Å². The predicted molar refractivity (Wildman–Crippen MR) is 108 cm³/mol. The first kappa shape index (κ1) is 20.2. The Balaban J connectivity index is 1.69. The summed E-state index contributed by atoms with van der Waals surface area (Å²) in [6.45, 7) is 3.59. The highest BCUT2D eigenvalue weighted by Gasteiger charge is 2.45. The third-order valence-electron chi connectivity index (χ3n) is 5.39. The fourth-order valence-electron chi connectivity index (χ4n) is 3.93. The minimum absolute atomic E-state index is 0.0233. The largest absolute Gasteiger partial charge is 0.503 e. The molecular weight excluding hydrogens is 386 g/mol. The van der Waals surface area contributed by atoms with Crippen LogP contribution in [0.4, 0.5) is 0 Å². The second kappa shape index (κ2) is 8.75. The number of ketones is 1. The fraction of sp³-hybridized carbons (Fsp3) is 0.391. The zero-order chi connectivity index (χ0) is 21.1. The van der Waals surface area contributed by atoms with E-state index >= 15 is 0 Å². The Bertz CT molecular complexity index is 925. The summed E-state index contributed by atoms with van der Waals surface area (Å²) >= 11 is 0. The molecule has 7 heteroatoms. The molecule has 2 aromatic rings. The molecule has 0 aliphatic carbocycles. The molecule has 2 atom stereocenters. The summed E-state index contributed by atoms with van der Waals surface area (Å²) in [6, 6.07) is 9.65. The number of nitrogens with zero attached hydrogens (tertiary/aromatic N) is 1. The van der Waals surface area contributed by atoms with Crippen LogP contribution in [0.15, 0.2) is 58.4 Å². The molecule has 2 aliphatic heterocycles. The van der Waals surface area contributed by atoms with Crippen LogP contribution in [0.1, 0.15) is 48.3 Å². The highest BCUT2D eigenvalue weighted by molar-refractivity contribution is 6.15. The van der Waals surface area contributed by atoms with Crippen molar-refractivity contribution in [2.75, 3.05) is 19.8 Å². The van der Waals surface area contributed by atoms with Gasteiger partial charge in [0.05, 0.1) is 30.6 Å². The average Bonchev–Trinajstić information content (AvgIpc) is 3.51. The van der Waals surface area contributed by atoms with Crippen LogP contribution in [-0.2, 0) is 9.53 Å². The summed E-state index contributed by atoms with van der Waals surface area (Å²) in [4.78, 5) is 27.5. The first-order valence-electron chi connectivity index (χ1n) is 10.3. The number of aliphatic hydroxyl groups excluding tert-OH is 1. The van der Waals surface area contributed by atoms with Gasteiger partial charge in [-0.3, -0.25) is 9.59 Å². The van der Waals surface area contributed by atoms with E-state index in [1.165, 1.54) is 17.2 Å². The lowest BCUT2D eigenvalue weighted by Gasteiger charge is -2.28. The van der Waals surface area contributed by atoms with Crippen LogP contribution in [0.2, 0.25) is 0 Å². The Morgan fingerprint density at radius 2 is 2.07 bits per heavy atom. The molecule has 0 saturated carbocycles. The van der Waals surface area contributed by atoms with E-state index in [1.54, 1.807) is 6.07 Å². The van der Waals surface area contributed by atoms with E-state index in [-0.39, 0.29) is 17.4 Å². The van der Waals surface area contributed by atoms with Crippen molar-refractivity contribution >= 4 is 11.7 Å². The maximum absolute atomic E-state index is 13.1. The molecule has 1 fully saturated rings. The number of amides is 1. The number of ether oxygens (including phenoxy) is 2. The minimum Gasteiger partial charge on any atom is -0.503 e. The smallest absolute Gasteiger partial charge is 0.290 e. The fourth-order valence-corrected chi connectivity index (χ4v) is 3.93. The standard InChI is InChI=1S/C23H25NO6/c1-2-11-28-16-9-7-15(8-10-16)20-19(21(25)18-6-4-13-30-18)22(26)23(27)24(20)14-17-5-3-12-29-17/h4,6-10,13,17,20,26H,2-3,5,11-12,14H2,1H3. The first-order valence-corrected chi connectivity index (χ1v) is 10.3. The van der Waals surface area contributed by atoms with E-state index in [9.17, 15) is 14.7 Å². The third-order valence-corrected chi connectivity index (χ3v) is 5.39. The summed E-state index contributed by atoms with van der Waals surface area (Å²) in [5, 5.41) is 10.6. The number of benzene rings is 1. The van der Waals surface area contributed by atoms with Crippen LogP contribution in [-0.4, -0.2) is 47.6 Å². The van der Waals surface area contributed by atoms with Crippen molar-refractivity contribution in [2.45, 2.75) is 38.3 Å². The quantitative estimate of drug-likeness (QED) is 0.664. The highest BCUT2D eigenvalue weighted by Crippen LogP contribution is 2.40. The zero-order valence-corrected chi connectivity index (χ0v) is 16.9. The van der Waals surface area contributed by atoms with Gasteiger partial charge < -0.3 is 23.9 Å². The summed E-state index contributed by atoms with van der Waals surface area (Å²) in [5.74, 6) is -0.821. The molecule has 1 aromatic carbocycles. The van der Waals surface area contributed by atoms with Crippen molar-refractivity contribution in [1.29, 1.82) is 0 Å². The monoisotopic (exact) mass is 411 g/mol. The second-order valence-electron chi connectivity index (χ2n) is 7.48. The summed E-state index contributed by atoms with van der Waals surface area (Å²) in [5.41, 5.74) is 0.735. The Morgan fingerprint density at radius 3 is 2.70 bits per heavy atom. The Morgan fingerprint density at radius 1 is 1.27 bits per heavy atom. The number of carbonyl (C=O) groups is 2. The zero-order valence-electron chi connectivity index (χ0n) is 16.9. The molecule has 3 heterocycles. The molecule has 2 aliphatic rings. The molecule has 0 bridgehead atoms. The van der Waals surface area contributed by atoms with Crippen molar-refractivity contribution in [3.63, 3.8) is 0 Å². The van der Waals surface area contributed by atoms with Gasteiger partial charge in [0.2, 0.25) is 5.78 Å². The molecule has 30 heavy (non-hydrogen) atoms. The number of rotatable bonds is 8. The van der Waals surface area contributed by atoms with Crippen LogP contribution in [0.25, 0.3) is 0 Å². The lowest BCUT2D eigenvalue weighted by molar-refractivity contribution is -0.131. The first-order chi connectivity index (χ1) is 14.6. The van der Waals surface area contributed by atoms with Gasteiger partial charge in [0, 0.05) is 13.2 Å². The van der Waals surface area contributed by atoms with Gasteiger partial charge in [0.1, 0.15) is 5.75 Å². The van der Waals surface area contributed by atoms with Gasteiger partial charge >= 0.3 is 0 Å². The van der Waals surface area contributed by atoms with Crippen LogP contribution in [0.3, 0.4) is 0 Å². The number of hydrogen-bond donors (Lipinski definition) is 1. The van der Waals surface area contributed by atoms with E-state index in [2.05, 4.69) is 0 Å². The van der Waals surface area contributed by atoms with E-state index in [0.29, 0.717) is 31.1 Å². The molecular formula is C23H25NO6. The summed E-state index contributed by atoms with van der Waals surface area (Å²) in [7, 11) is 0. The van der Waals surface area contributed by atoms with Gasteiger partial charge in [-0.05, 0) is 49.1 Å². The predicted octanol–water partition coefficient (Wildman–Crippen LogP) is 3.83. The van der Waals surface area contributed by atoms with E-state index in [0.717, 1.165) is 19.3 Å². The molecule has 1 aromatic heterocycles. The number of hydrogen-bond acceptors (Lipinski definition) is 6. The molecule has 0 spiro atoms. The van der Waals surface area contributed by atoms with Crippen molar-refractivity contribution in [1.82, 2.24) is 4.90 Å². The molecule has 158 valence electrons. The molecule has 7 nitrogen and oxygen atoms in total. The van der Waals surface area contributed by atoms with Gasteiger partial charge in [0.25, 0.3) is 5.91 Å². The highest BCUT2D eigenvalue weighted by atomic mass is 16.5. The van der Waals surface area contributed by atoms with Crippen LogP contribution in [0, 0.1) is 0 Å². The van der Waals surface area contributed by atoms with Gasteiger partial charge in [-0.1, -0.05) is 19.1 Å². The molecule has 0 radical (unpaired) electrons. The maximum Gasteiger partial charge on any atom is 0.290 e. The van der Waals surface area contributed by atoms with Crippen LogP contribution >= 0.6 is 0 Å². The van der Waals surface area contributed by atoms with Crippen molar-refractivity contribution in [2.24, 2.45) is 0 Å². The number of carbonyl (C=O) groups excluding carboxylic acids is 2. The van der Waals surface area contributed by atoms with Gasteiger partial charge in [-0.15, -0.1) is 0 Å². The number of aliphatic hydroxyl groups is 1. The van der Waals surface area contributed by atoms with Gasteiger partial charge in [0.15, 0.2) is 11.5 Å². The molecule has 1 saturated heterocycles. The van der Waals surface area contributed by atoms with E-state index in [1.807, 2.05) is 31.2 Å². The van der Waals surface area contributed by atoms with Crippen LogP contribution < -0.4 is 4.74 Å². The number of furan rings is 1. The van der Waals surface area contributed by atoms with E-state index in [4.69, 9.17) is 13.9 Å². The Kier molecular flexibility index (Phi) is 5.90. The Hall–Kier alpha value is -3.06. The lowest BCUT2D eigenvalue weighted by atomic mass is 9.95. The minimum atomic E-state index is -0.723.